The van der Waals surface area contributed by atoms with Crippen LogP contribution in [0.25, 0.3) is 5.52 Å². The van der Waals surface area contributed by atoms with Crippen molar-refractivity contribution in [2.45, 2.75) is 19.5 Å². The fourth-order valence-electron chi connectivity index (χ4n) is 3.16. The molecule has 0 aliphatic heterocycles. The van der Waals surface area contributed by atoms with Crippen molar-refractivity contribution >= 4 is 17.2 Å². The maximum absolute atomic E-state index is 13.1. The predicted molar refractivity (Wildman–Crippen MR) is 108 cm³/mol. The first-order valence-corrected chi connectivity index (χ1v) is 8.97. The summed E-state index contributed by atoms with van der Waals surface area (Å²) in [5.74, 6) is 0.886. The van der Waals surface area contributed by atoms with Gasteiger partial charge in [0, 0.05) is 6.20 Å². The second kappa shape index (κ2) is 7.44. The van der Waals surface area contributed by atoms with Gasteiger partial charge in [-0.05, 0) is 24.6 Å². The largest absolute Gasteiger partial charge is 0.382 e. The standard InChI is InChI=1S/C20H18N8O/c1-13(25-18-15(10-21)17(22)23-12-24-18)19-26-28-9-5-8-16(28)20(29)27(19)11-14-6-3-2-4-7-14/h2-9,12-13H,11H2,1H3,(H3,22,23,24,25)/t13-/m0/s1. The molecular weight excluding hydrogens is 368 g/mol. The third kappa shape index (κ3) is 3.39. The first-order chi connectivity index (χ1) is 14.1. The van der Waals surface area contributed by atoms with E-state index in [9.17, 15) is 10.1 Å². The molecule has 3 N–H and O–H groups in total. The van der Waals surface area contributed by atoms with Crippen molar-refractivity contribution in [1.29, 1.82) is 5.26 Å². The molecule has 0 bridgehead atoms. The molecule has 0 spiro atoms. The Morgan fingerprint density at radius 2 is 2.00 bits per heavy atom. The molecule has 0 fully saturated rings. The molecule has 144 valence electrons. The normalized spacial score (nSPS) is 11.9. The lowest BCUT2D eigenvalue weighted by molar-refractivity contribution is 0.600. The Kier molecular flexibility index (Phi) is 4.66. The number of nitrogen functional groups attached to an aromatic ring is 1. The third-order valence-electron chi connectivity index (χ3n) is 4.59. The van der Waals surface area contributed by atoms with Gasteiger partial charge < -0.3 is 11.1 Å². The zero-order chi connectivity index (χ0) is 20.4. The van der Waals surface area contributed by atoms with Gasteiger partial charge in [0.1, 0.15) is 35.1 Å². The molecule has 0 unspecified atom stereocenters. The van der Waals surface area contributed by atoms with Crippen molar-refractivity contribution in [2.24, 2.45) is 0 Å². The van der Waals surface area contributed by atoms with Gasteiger partial charge in [-0.25, -0.2) is 14.5 Å². The number of nitrogens with zero attached hydrogens (tertiary/aromatic N) is 6. The van der Waals surface area contributed by atoms with Crippen LogP contribution in [0, 0.1) is 11.3 Å². The van der Waals surface area contributed by atoms with E-state index in [4.69, 9.17) is 5.73 Å². The first kappa shape index (κ1) is 18.2. The minimum atomic E-state index is -0.431. The Hall–Kier alpha value is -4.19. The van der Waals surface area contributed by atoms with E-state index in [1.807, 2.05) is 43.3 Å². The van der Waals surface area contributed by atoms with Crippen molar-refractivity contribution < 1.29 is 0 Å². The lowest BCUT2D eigenvalue weighted by Crippen LogP contribution is -2.31. The van der Waals surface area contributed by atoms with E-state index < -0.39 is 6.04 Å². The van der Waals surface area contributed by atoms with Crippen LogP contribution in [-0.4, -0.2) is 24.1 Å². The zero-order valence-electron chi connectivity index (χ0n) is 15.6. The zero-order valence-corrected chi connectivity index (χ0v) is 15.6. The average molecular weight is 386 g/mol. The number of nitriles is 1. The molecule has 0 amide bonds. The van der Waals surface area contributed by atoms with E-state index in [0.717, 1.165) is 5.56 Å². The minimum absolute atomic E-state index is 0.0905. The van der Waals surface area contributed by atoms with Crippen molar-refractivity contribution in [3.8, 4) is 6.07 Å². The molecule has 1 atom stereocenters. The lowest BCUT2D eigenvalue weighted by atomic mass is 10.2. The summed E-state index contributed by atoms with van der Waals surface area (Å²) in [5.41, 5.74) is 7.24. The highest BCUT2D eigenvalue weighted by Gasteiger charge is 2.19. The summed E-state index contributed by atoms with van der Waals surface area (Å²) in [6.07, 6.45) is 3.01. The number of aromatic nitrogens is 5. The predicted octanol–water partition coefficient (Wildman–Crippen LogP) is 1.96. The molecule has 4 rings (SSSR count). The molecule has 0 aliphatic rings. The van der Waals surface area contributed by atoms with Crippen LogP contribution < -0.4 is 16.6 Å². The quantitative estimate of drug-likeness (QED) is 0.537. The molecule has 1 aromatic carbocycles. The van der Waals surface area contributed by atoms with Crippen LogP contribution in [0.3, 0.4) is 0 Å². The van der Waals surface area contributed by atoms with E-state index >= 15 is 0 Å². The van der Waals surface area contributed by atoms with E-state index in [1.54, 1.807) is 27.4 Å². The van der Waals surface area contributed by atoms with E-state index in [-0.39, 0.29) is 16.9 Å². The number of hydrogen-bond donors (Lipinski definition) is 2. The molecule has 0 saturated carbocycles. The maximum atomic E-state index is 13.1. The summed E-state index contributed by atoms with van der Waals surface area (Å²) in [7, 11) is 0. The number of rotatable bonds is 5. The SMILES string of the molecule is C[C@H](Nc1ncnc(N)c1C#N)c1nn2cccc2c(=O)n1Cc1ccccc1. The topological polar surface area (TPSA) is 127 Å². The Labute approximate surface area is 166 Å². The first-order valence-electron chi connectivity index (χ1n) is 8.97. The van der Waals surface area contributed by atoms with Gasteiger partial charge in [0.05, 0.1) is 12.6 Å². The fraction of sp³-hybridized carbons (Fsp3) is 0.150. The third-order valence-corrected chi connectivity index (χ3v) is 4.59. The van der Waals surface area contributed by atoms with Crippen molar-refractivity contribution in [3.63, 3.8) is 0 Å². The number of nitrogens with one attached hydrogen (secondary N) is 1. The van der Waals surface area contributed by atoms with E-state index in [2.05, 4.69) is 20.4 Å². The fourth-order valence-corrected chi connectivity index (χ4v) is 3.16. The molecule has 29 heavy (non-hydrogen) atoms. The molecule has 0 radical (unpaired) electrons. The van der Waals surface area contributed by atoms with Crippen LogP contribution in [0.15, 0.2) is 59.8 Å². The second-order valence-corrected chi connectivity index (χ2v) is 6.53. The van der Waals surface area contributed by atoms with Gasteiger partial charge in [-0.2, -0.15) is 10.4 Å². The highest BCUT2D eigenvalue weighted by atomic mass is 16.1. The van der Waals surface area contributed by atoms with Crippen LogP contribution in [0.4, 0.5) is 11.6 Å². The molecule has 0 saturated heterocycles. The van der Waals surface area contributed by atoms with Crippen LogP contribution >= 0.6 is 0 Å². The van der Waals surface area contributed by atoms with Gasteiger partial charge in [-0.3, -0.25) is 9.36 Å². The molecule has 3 aromatic heterocycles. The van der Waals surface area contributed by atoms with Gasteiger partial charge in [0.2, 0.25) is 0 Å². The Morgan fingerprint density at radius 3 is 2.76 bits per heavy atom. The number of hydrogen-bond acceptors (Lipinski definition) is 7. The monoisotopic (exact) mass is 386 g/mol. The van der Waals surface area contributed by atoms with Gasteiger partial charge in [-0.15, -0.1) is 0 Å². The van der Waals surface area contributed by atoms with Crippen molar-refractivity contribution in [2.75, 3.05) is 11.1 Å². The number of fused-ring (bicyclic) bond motifs is 1. The molecule has 4 aromatic rings. The highest BCUT2D eigenvalue weighted by Crippen LogP contribution is 2.21. The Balaban J connectivity index is 1.80. The number of benzene rings is 1. The molecule has 0 aliphatic carbocycles. The molecular formula is C20H18N8O. The summed E-state index contributed by atoms with van der Waals surface area (Å²) in [4.78, 5) is 21.1. The second-order valence-electron chi connectivity index (χ2n) is 6.53. The maximum Gasteiger partial charge on any atom is 0.278 e. The van der Waals surface area contributed by atoms with Crippen LogP contribution in [0.5, 0.6) is 0 Å². The van der Waals surface area contributed by atoms with Crippen LogP contribution in [-0.2, 0) is 6.54 Å². The Bertz CT molecular complexity index is 1270. The number of nitrogens with two attached hydrogens (primary N) is 1. The van der Waals surface area contributed by atoms with Crippen molar-refractivity contribution in [1.82, 2.24) is 24.1 Å². The van der Waals surface area contributed by atoms with E-state index in [0.29, 0.717) is 23.7 Å². The highest BCUT2D eigenvalue weighted by molar-refractivity contribution is 5.62. The Morgan fingerprint density at radius 1 is 1.21 bits per heavy atom. The summed E-state index contributed by atoms with van der Waals surface area (Å²) >= 11 is 0. The van der Waals surface area contributed by atoms with Gasteiger partial charge in [0.15, 0.2) is 5.82 Å². The summed E-state index contributed by atoms with van der Waals surface area (Å²) in [6, 6.07) is 14.8. The number of anilines is 2. The minimum Gasteiger partial charge on any atom is -0.382 e. The van der Waals surface area contributed by atoms with Gasteiger partial charge in [0.25, 0.3) is 5.56 Å². The summed E-state index contributed by atoms with van der Waals surface area (Å²) < 4.78 is 3.18. The van der Waals surface area contributed by atoms with Crippen LogP contribution in [0.1, 0.15) is 29.9 Å². The summed E-state index contributed by atoms with van der Waals surface area (Å²) in [5, 5.41) is 17.1. The van der Waals surface area contributed by atoms with Gasteiger partial charge in [-0.1, -0.05) is 30.3 Å². The average Bonchev–Trinajstić information content (AvgIpc) is 3.20. The summed E-state index contributed by atoms with van der Waals surface area (Å²) in [6.45, 7) is 2.21. The lowest BCUT2D eigenvalue weighted by Gasteiger charge is -2.20. The molecule has 9 heteroatoms. The molecule has 3 heterocycles. The van der Waals surface area contributed by atoms with E-state index in [1.165, 1.54) is 6.33 Å². The van der Waals surface area contributed by atoms with Crippen LogP contribution in [0.2, 0.25) is 0 Å². The van der Waals surface area contributed by atoms with Gasteiger partial charge >= 0.3 is 0 Å². The van der Waals surface area contributed by atoms with Crippen molar-refractivity contribution in [3.05, 3.63) is 82.3 Å². The smallest absolute Gasteiger partial charge is 0.278 e. The molecule has 9 nitrogen and oxygen atoms in total.